The molecule has 0 saturated heterocycles. The van der Waals surface area contributed by atoms with Crippen LogP contribution in [0.3, 0.4) is 0 Å². The van der Waals surface area contributed by atoms with Gasteiger partial charge in [-0.1, -0.05) is 36.4 Å². The Hall–Kier alpha value is -3.12. The molecular formula is C23H23N3O2S. The molecule has 6 heteroatoms. The standard InChI is InChI=1S/C23H23N3O2S/c1-15-19-14-21(29-23(19)26(24-15)17-10-6-5-7-11-17)22(27)25(3)16(2)18-12-8-9-13-20(18)28-4/h5-14,16H,1-4H3. The minimum atomic E-state index is -0.115. The fourth-order valence-electron chi connectivity index (χ4n) is 3.47. The lowest BCUT2D eigenvalue weighted by Crippen LogP contribution is -2.29. The van der Waals surface area contributed by atoms with Crippen LogP contribution in [0.5, 0.6) is 5.75 Å². The van der Waals surface area contributed by atoms with Gasteiger partial charge in [-0.2, -0.15) is 5.10 Å². The zero-order valence-electron chi connectivity index (χ0n) is 16.9. The molecule has 0 aliphatic heterocycles. The first-order valence-electron chi connectivity index (χ1n) is 9.46. The van der Waals surface area contributed by atoms with Gasteiger partial charge in [0.15, 0.2) is 0 Å². The summed E-state index contributed by atoms with van der Waals surface area (Å²) in [6.45, 7) is 3.99. The number of fused-ring (bicyclic) bond motifs is 1. The van der Waals surface area contributed by atoms with Gasteiger partial charge in [0.05, 0.1) is 29.4 Å². The molecule has 1 unspecified atom stereocenters. The summed E-state index contributed by atoms with van der Waals surface area (Å²) in [7, 11) is 3.48. The van der Waals surface area contributed by atoms with Gasteiger partial charge in [-0.3, -0.25) is 4.79 Å². The predicted molar refractivity (Wildman–Crippen MR) is 117 cm³/mol. The topological polar surface area (TPSA) is 47.4 Å². The number of rotatable bonds is 5. The van der Waals surface area contributed by atoms with Gasteiger partial charge in [0, 0.05) is 18.0 Å². The Labute approximate surface area is 174 Å². The molecule has 0 aliphatic carbocycles. The molecule has 0 aliphatic rings. The summed E-state index contributed by atoms with van der Waals surface area (Å²) < 4.78 is 7.38. The van der Waals surface area contributed by atoms with Crippen LogP contribution in [0.15, 0.2) is 60.7 Å². The third kappa shape index (κ3) is 3.40. The van der Waals surface area contributed by atoms with Gasteiger partial charge < -0.3 is 9.64 Å². The lowest BCUT2D eigenvalue weighted by Gasteiger charge is -2.26. The number of carbonyl (C=O) groups is 1. The van der Waals surface area contributed by atoms with Crippen molar-refractivity contribution in [3.63, 3.8) is 0 Å². The number of thiophene rings is 1. The van der Waals surface area contributed by atoms with Crippen LogP contribution >= 0.6 is 11.3 Å². The summed E-state index contributed by atoms with van der Waals surface area (Å²) >= 11 is 1.48. The number of benzene rings is 2. The first-order chi connectivity index (χ1) is 14.0. The second kappa shape index (κ2) is 7.72. The lowest BCUT2D eigenvalue weighted by atomic mass is 10.1. The van der Waals surface area contributed by atoms with E-state index in [1.54, 1.807) is 12.0 Å². The highest BCUT2D eigenvalue weighted by Crippen LogP contribution is 2.33. The van der Waals surface area contributed by atoms with Gasteiger partial charge in [0.25, 0.3) is 5.91 Å². The van der Waals surface area contributed by atoms with Crippen molar-refractivity contribution in [3.8, 4) is 11.4 Å². The van der Waals surface area contributed by atoms with Crippen molar-refractivity contribution in [2.75, 3.05) is 14.2 Å². The van der Waals surface area contributed by atoms with Crippen LogP contribution in [0.25, 0.3) is 15.9 Å². The van der Waals surface area contributed by atoms with E-state index < -0.39 is 0 Å². The van der Waals surface area contributed by atoms with Gasteiger partial charge >= 0.3 is 0 Å². The molecule has 0 saturated carbocycles. The summed E-state index contributed by atoms with van der Waals surface area (Å²) in [6.07, 6.45) is 0. The number of methoxy groups -OCH3 is 1. The molecule has 4 rings (SSSR count). The van der Waals surface area contributed by atoms with E-state index in [2.05, 4.69) is 5.10 Å². The molecule has 5 nitrogen and oxygen atoms in total. The third-order valence-electron chi connectivity index (χ3n) is 5.25. The molecule has 2 heterocycles. The molecule has 29 heavy (non-hydrogen) atoms. The van der Waals surface area contributed by atoms with Crippen molar-refractivity contribution < 1.29 is 9.53 Å². The number of amides is 1. The van der Waals surface area contributed by atoms with Crippen molar-refractivity contribution in [3.05, 3.63) is 76.8 Å². The largest absolute Gasteiger partial charge is 0.496 e. The molecule has 1 atom stereocenters. The van der Waals surface area contributed by atoms with Gasteiger partial charge in [0.1, 0.15) is 10.6 Å². The molecule has 0 N–H and O–H groups in total. The van der Waals surface area contributed by atoms with Crippen molar-refractivity contribution in [1.82, 2.24) is 14.7 Å². The first kappa shape index (κ1) is 19.2. The van der Waals surface area contributed by atoms with Gasteiger partial charge in [-0.15, -0.1) is 11.3 Å². The maximum atomic E-state index is 13.3. The number of aryl methyl sites for hydroxylation is 1. The van der Waals surface area contributed by atoms with E-state index in [1.807, 2.05) is 86.2 Å². The van der Waals surface area contributed by atoms with E-state index in [1.165, 1.54) is 11.3 Å². The van der Waals surface area contributed by atoms with Crippen molar-refractivity contribution >= 4 is 27.5 Å². The van der Waals surface area contributed by atoms with E-state index in [0.29, 0.717) is 4.88 Å². The summed E-state index contributed by atoms with van der Waals surface area (Å²) in [5, 5.41) is 5.67. The van der Waals surface area contributed by atoms with E-state index in [4.69, 9.17) is 4.74 Å². The van der Waals surface area contributed by atoms with Gasteiger partial charge in [-0.25, -0.2) is 4.68 Å². The molecule has 2 aromatic heterocycles. The average molecular weight is 406 g/mol. The number of ether oxygens (including phenoxy) is 1. The molecule has 0 radical (unpaired) electrons. The quantitative estimate of drug-likeness (QED) is 0.456. The SMILES string of the molecule is COc1ccccc1C(C)N(C)C(=O)c1cc2c(C)nn(-c3ccccc3)c2s1. The molecule has 2 aromatic carbocycles. The second-order valence-electron chi connectivity index (χ2n) is 7.00. The lowest BCUT2D eigenvalue weighted by molar-refractivity contribution is 0.0746. The Morgan fingerprint density at radius 2 is 1.83 bits per heavy atom. The van der Waals surface area contributed by atoms with Gasteiger partial charge in [-0.05, 0) is 38.1 Å². The molecule has 0 fully saturated rings. The van der Waals surface area contributed by atoms with E-state index in [-0.39, 0.29) is 11.9 Å². The zero-order chi connectivity index (χ0) is 20.5. The molecular weight excluding hydrogens is 382 g/mol. The fraction of sp³-hybridized carbons (Fsp3) is 0.217. The smallest absolute Gasteiger partial charge is 0.264 e. The minimum Gasteiger partial charge on any atom is -0.496 e. The molecule has 148 valence electrons. The van der Waals surface area contributed by atoms with Crippen LogP contribution in [-0.4, -0.2) is 34.7 Å². The summed E-state index contributed by atoms with van der Waals surface area (Å²) in [5.41, 5.74) is 2.89. The maximum Gasteiger partial charge on any atom is 0.264 e. The number of hydrogen-bond acceptors (Lipinski definition) is 4. The van der Waals surface area contributed by atoms with E-state index >= 15 is 0 Å². The van der Waals surface area contributed by atoms with Crippen molar-refractivity contribution in [1.29, 1.82) is 0 Å². The Balaban J connectivity index is 1.68. The summed E-state index contributed by atoms with van der Waals surface area (Å²) in [4.78, 5) is 16.7. The molecule has 0 bridgehead atoms. The number of nitrogens with zero attached hydrogens (tertiary/aromatic N) is 3. The zero-order valence-corrected chi connectivity index (χ0v) is 17.7. The van der Waals surface area contributed by atoms with E-state index in [9.17, 15) is 4.79 Å². The highest BCUT2D eigenvalue weighted by molar-refractivity contribution is 7.20. The molecule has 1 amide bonds. The van der Waals surface area contributed by atoms with Crippen molar-refractivity contribution in [2.24, 2.45) is 0 Å². The van der Waals surface area contributed by atoms with Crippen LogP contribution < -0.4 is 4.74 Å². The second-order valence-corrected chi connectivity index (χ2v) is 8.03. The monoisotopic (exact) mass is 405 g/mol. The van der Waals surface area contributed by atoms with Crippen LogP contribution in [0.2, 0.25) is 0 Å². The normalized spacial score (nSPS) is 12.1. The minimum absolute atomic E-state index is 0.0105. The predicted octanol–water partition coefficient (Wildman–Crippen LogP) is 5.24. The van der Waals surface area contributed by atoms with E-state index in [0.717, 1.165) is 32.9 Å². The van der Waals surface area contributed by atoms with Crippen LogP contribution in [0.4, 0.5) is 0 Å². The van der Waals surface area contributed by atoms with Crippen LogP contribution in [0.1, 0.15) is 33.9 Å². The first-order valence-corrected chi connectivity index (χ1v) is 10.3. The Kier molecular flexibility index (Phi) is 5.11. The Morgan fingerprint density at radius 1 is 1.14 bits per heavy atom. The third-order valence-corrected chi connectivity index (χ3v) is 6.35. The van der Waals surface area contributed by atoms with Crippen LogP contribution in [-0.2, 0) is 0 Å². The number of para-hydroxylation sites is 2. The number of aromatic nitrogens is 2. The number of hydrogen-bond donors (Lipinski definition) is 0. The Bertz CT molecular complexity index is 1160. The van der Waals surface area contributed by atoms with Crippen molar-refractivity contribution in [2.45, 2.75) is 19.9 Å². The highest BCUT2D eigenvalue weighted by Gasteiger charge is 2.24. The Morgan fingerprint density at radius 3 is 2.55 bits per heavy atom. The maximum absolute atomic E-state index is 13.3. The molecule has 4 aromatic rings. The average Bonchev–Trinajstić information content (AvgIpc) is 3.33. The molecule has 0 spiro atoms. The fourth-order valence-corrected chi connectivity index (χ4v) is 4.63. The summed E-state index contributed by atoms with van der Waals surface area (Å²) in [6, 6.07) is 19.6. The highest BCUT2D eigenvalue weighted by atomic mass is 32.1. The number of carbonyl (C=O) groups excluding carboxylic acids is 1. The van der Waals surface area contributed by atoms with Crippen LogP contribution in [0, 0.1) is 6.92 Å². The van der Waals surface area contributed by atoms with Gasteiger partial charge in [0.2, 0.25) is 0 Å². The summed E-state index contributed by atoms with van der Waals surface area (Å²) in [5.74, 6) is 0.773.